The third-order valence-electron chi connectivity index (χ3n) is 5.15. The fraction of sp³-hybridized carbons (Fsp3) is 0.125. The van der Waals surface area contributed by atoms with Crippen molar-refractivity contribution in [2.24, 2.45) is 0 Å². The molecule has 0 atom stereocenters. The molecule has 33 heavy (non-hydrogen) atoms. The van der Waals surface area contributed by atoms with Crippen molar-refractivity contribution in [3.63, 3.8) is 0 Å². The van der Waals surface area contributed by atoms with Crippen LogP contribution < -0.4 is 4.74 Å². The zero-order chi connectivity index (χ0) is 23.8. The normalized spacial score (nSPS) is 11.4. The molecule has 0 fully saturated rings. The molecule has 0 spiro atoms. The molecular weight excluding hydrogens is 435 g/mol. The molecule has 1 N–H and O–H groups in total. The van der Waals surface area contributed by atoms with Crippen LogP contribution in [0.25, 0.3) is 28.1 Å². The summed E-state index contributed by atoms with van der Waals surface area (Å²) in [5.41, 5.74) is 1.83. The fourth-order valence-corrected chi connectivity index (χ4v) is 3.59. The number of aromatic nitrogens is 3. The minimum Gasteiger partial charge on any atom is -0.496 e. The molecule has 2 heterocycles. The van der Waals surface area contributed by atoms with E-state index >= 15 is 0 Å². The van der Waals surface area contributed by atoms with Gasteiger partial charge < -0.3 is 9.84 Å². The molecule has 4 aromatic rings. The molecule has 168 valence electrons. The number of halogens is 3. The van der Waals surface area contributed by atoms with Crippen molar-refractivity contribution in [2.45, 2.75) is 13.1 Å². The van der Waals surface area contributed by atoms with Crippen molar-refractivity contribution in [1.29, 1.82) is 0 Å². The Morgan fingerprint density at radius 2 is 1.82 bits per heavy atom. The number of hydrogen-bond acceptors (Lipinski definition) is 4. The quantitative estimate of drug-likeness (QED) is 0.424. The number of alkyl halides is 3. The van der Waals surface area contributed by atoms with Gasteiger partial charge in [-0.1, -0.05) is 12.1 Å². The number of hydrogen-bond donors (Lipinski definition) is 1. The first-order chi connectivity index (χ1) is 15.7. The van der Waals surface area contributed by atoms with E-state index in [1.54, 1.807) is 30.1 Å². The molecule has 0 saturated heterocycles. The van der Waals surface area contributed by atoms with Gasteiger partial charge in [-0.2, -0.15) is 13.2 Å². The van der Waals surface area contributed by atoms with Crippen molar-refractivity contribution >= 4 is 5.97 Å². The lowest BCUT2D eigenvalue weighted by molar-refractivity contribution is -0.137. The summed E-state index contributed by atoms with van der Waals surface area (Å²) in [5, 5.41) is 9.34. The predicted octanol–water partition coefficient (Wildman–Crippen LogP) is 5.64. The minimum absolute atomic E-state index is 0.0606. The van der Waals surface area contributed by atoms with Crippen LogP contribution in [0.15, 0.2) is 67.4 Å². The summed E-state index contributed by atoms with van der Waals surface area (Å²) in [5.74, 6) is -0.837. The van der Waals surface area contributed by atoms with E-state index in [4.69, 9.17) is 4.74 Å². The van der Waals surface area contributed by atoms with Gasteiger partial charge in [0.25, 0.3) is 0 Å². The Morgan fingerprint density at radius 1 is 1.03 bits per heavy atom. The molecule has 0 aliphatic carbocycles. The molecular formula is C24H18F3N3O3. The van der Waals surface area contributed by atoms with Gasteiger partial charge >= 0.3 is 12.1 Å². The number of carboxylic acids is 1. The van der Waals surface area contributed by atoms with Crippen molar-refractivity contribution in [2.75, 3.05) is 7.11 Å². The topological polar surface area (TPSA) is 77.2 Å². The number of methoxy groups -OCH3 is 1. The first-order valence-corrected chi connectivity index (χ1v) is 9.76. The summed E-state index contributed by atoms with van der Waals surface area (Å²) >= 11 is 0. The lowest BCUT2D eigenvalue weighted by Gasteiger charge is -2.16. The van der Waals surface area contributed by atoms with Crippen LogP contribution in [0.5, 0.6) is 5.75 Å². The molecule has 0 aliphatic heterocycles. The van der Waals surface area contributed by atoms with Crippen molar-refractivity contribution in [1.82, 2.24) is 14.5 Å². The second kappa shape index (κ2) is 8.42. The van der Waals surface area contributed by atoms with Gasteiger partial charge in [0.2, 0.25) is 0 Å². The van der Waals surface area contributed by atoms with Gasteiger partial charge in [0.1, 0.15) is 5.75 Å². The van der Waals surface area contributed by atoms with Gasteiger partial charge in [0.15, 0.2) is 0 Å². The molecule has 0 radical (unpaired) electrons. The van der Waals surface area contributed by atoms with Crippen molar-refractivity contribution < 1.29 is 27.8 Å². The largest absolute Gasteiger partial charge is 0.496 e. The summed E-state index contributed by atoms with van der Waals surface area (Å²) in [4.78, 5) is 19.8. The van der Waals surface area contributed by atoms with Crippen LogP contribution in [0.3, 0.4) is 0 Å². The molecule has 2 aromatic carbocycles. The number of carboxylic acid groups (broad SMARTS) is 1. The van der Waals surface area contributed by atoms with E-state index in [0.29, 0.717) is 23.1 Å². The predicted molar refractivity (Wildman–Crippen MR) is 115 cm³/mol. The van der Waals surface area contributed by atoms with Gasteiger partial charge in [-0.05, 0) is 42.8 Å². The van der Waals surface area contributed by atoms with Crippen molar-refractivity contribution in [3.05, 3.63) is 84.1 Å². The molecule has 0 saturated carbocycles. The third-order valence-corrected chi connectivity index (χ3v) is 5.15. The fourth-order valence-electron chi connectivity index (χ4n) is 3.59. The Hall–Kier alpha value is -4.14. The maximum Gasteiger partial charge on any atom is 0.416 e. The summed E-state index contributed by atoms with van der Waals surface area (Å²) in [6.45, 7) is 1.93. The number of imidazole rings is 1. The van der Waals surface area contributed by atoms with Crippen LogP contribution >= 0.6 is 0 Å². The van der Waals surface area contributed by atoms with E-state index in [1.807, 2.05) is 25.1 Å². The van der Waals surface area contributed by atoms with Crippen LogP contribution in [0.1, 0.15) is 21.5 Å². The maximum absolute atomic E-state index is 13.4. The highest BCUT2D eigenvalue weighted by molar-refractivity contribution is 5.90. The molecule has 0 unspecified atom stereocenters. The summed E-state index contributed by atoms with van der Waals surface area (Å²) in [6.07, 6.45) is 1.27. The van der Waals surface area contributed by atoms with E-state index in [9.17, 15) is 23.1 Å². The molecule has 0 aliphatic rings. The first kappa shape index (κ1) is 22.1. The van der Waals surface area contributed by atoms with Crippen LogP contribution in [0, 0.1) is 6.92 Å². The highest BCUT2D eigenvalue weighted by Crippen LogP contribution is 2.37. The average molecular weight is 453 g/mol. The lowest BCUT2D eigenvalue weighted by Crippen LogP contribution is -2.09. The van der Waals surface area contributed by atoms with E-state index in [0.717, 1.165) is 17.2 Å². The van der Waals surface area contributed by atoms with Crippen LogP contribution in [0.4, 0.5) is 13.2 Å². The van der Waals surface area contributed by atoms with E-state index in [2.05, 4.69) is 9.97 Å². The monoisotopic (exact) mass is 453 g/mol. The van der Waals surface area contributed by atoms with Gasteiger partial charge in [-0.3, -0.25) is 9.55 Å². The Balaban J connectivity index is 1.93. The van der Waals surface area contributed by atoms with Gasteiger partial charge in [-0.15, -0.1) is 0 Å². The number of rotatable bonds is 5. The molecule has 0 bridgehead atoms. The second-order valence-electron chi connectivity index (χ2n) is 7.35. The van der Waals surface area contributed by atoms with Gasteiger partial charge in [0, 0.05) is 22.9 Å². The summed E-state index contributed by atoms with van der Waals surface area (Å²) < 4.78 is 47.4. The van der Waals surface area contributed by atoms with Crippen LogP contribution in [-0.2, 0) is 6.18 Å². The number of ether oxygens (including phenoxy) is 1. The molecule has 6 nitrogen and oxygen atoms in total. The number of nitrogens with zero attached hydrogens (tertiary/aromatic N) is 3. The first-order valence-electron chi connectivity index (χ1n) is 9.76. The molecule has 2 aromatic heterocycles. The van der Waals surface area contributed by atoms with Crippen LogP contribution in [0.2, 0.25) is 0 Å². The molecule has 0 amide bonds. The Bertz CT molecular complexity index is 1350. The summed E-state index contributed by atoms with van der Waals surface area (Å²) in [6, 6.07) is 10.1. The Morgan fingerprint density at radius 3 is 2.52 bits per heavy atom. The van der Waals surface area contributed by atoms with E-state index in [1.165, 1.54) is 18.6 Å². The zero-order valence-corrected chi connectivity index (χ0v) is 17.6. The lowest BCUT2D eigenvalue weighted by atomic mass is 10.0. The number of aromatic carboxylic acids is 1. The number of benzene rings is 2. The maximum atomic E-state index is 13.4. The van der Waals surface area contributed by atoms with Gasteiger partial charge in [0.05, 0.1) is 48.3 Å². The smallest absolute Gasteiger partial charge is 0.416 e. The van der Waals surface area contributed by atoms with Crippen LogP contribution in [-0.4, -0.2) is 32.7 Å². The average Bonchev–Trinajstić information content (AvgIpc) is 3.28. The number of aryl methyl sites for hydroxylation is 1. The second-order valence-corrected chi connectivity index (χ2v) is 7.35. The Kier molecular flexibility index (Phi) is 5.63. The zero-order valence-electron chi connectivity index (χ0n) is 17.6. The van der Waals surface area contributed by atoms with Crippen molar-refractivity contribution in [3.8, 4) is 33.8 Å². The van der Waals surface area contributed by atoms with Gasteiger partial charge in [-0.25, -0.2) is 9.78 Å². The third kappa shape index (κ3) is 4.30. The highest BCUT2D eigenvalue weighted by atomic mass is 19.4. The molecule has 4 rings (SSSR count). The summed E-state index contributed by atoms with van der Waals surface area (Å²) in [7, 11) is 1.55. The van der Waals surface area contributed by atoms with E-state index in [-0.39, 0.29) is 11.3 Å². The highest BCUT2D eigenvalue weighted by Gasteiger charge is 2.32. The molecule has 9 heteroatoms. The Labute approximate surface area is 186 Å². The minimum atomic E-state index is -4.71. The SMILES string of the molecule is COc1cc(C)ccc1-c1ccncc1-n1cncc1-c1cc(C(=O)O)cc(C(F)(F)F)c1. The standard InChI is InChI=1S/C24H18F3N3O3/c1-14-3-4-19(22(7-14)33-2)18-5-6-28-12-21(18)30-13-29-11-20(30)15-8-16(23(31)32)10-17(9-15)24(25,26)27/h3-13H,1-2H3,(H,31,32). The van der Waals surface area contributed by atoms with E-state index < -0.39 is 23.3 Å². The number of carbonyl (C=O) groups is 1. The number of pyridine rings is 1.